The number of rotatable bonds is 9. The maximum Gasteiger partial charge on any atom is 0.220 e. The van der Waals surface area contributed by atoms with Crippen molar-refractivity contribution in [3.05, 3.63) is 34.9 Å². The lowest BCUT2D eigenvalue weighted by atomic mass is 10.1. The van der Waals surface area contributed by atoms with Crippen molar-refractivity contribution in [3.63, 3.8) is 0 Å². The van der Waals surface area contributed by atoms with E-state index in [0.717, 1.165) is 42.9 Å². The molecule has 1 N–H and O–H groups in total. The van der Waals surface area contributed by atoms with Crippen LogP contribution in [0, 0.1) is 0 Å². The Morgan fingerprint density at radius 3 is 2.91 bits per heavy atom. The van der Waals surface area contributed by atoms with E-state index < -0.39 is 0 Å². The second-order valence-corrected chi connectivity index (χ2v) is 5.98. The Kier molecular flexibility index (Phi) is 7.71. The SMILES string of the molecule is O=C(CCc1ccc(Cl)cc1)NCCCOCC1CCCO1. The van der Waals surface area contributed by atoms with Gasteiger partial charge in [0.15, 0.2) is 0 Å². The summed E-state index contributed by atoms with van der Waals surface area (Å²) in [6.07, 6.45) is 4.57. The quantitative estimate of drug-likeness (QED) is 0.710. The monoisotopic (exact) mass is 325 g/mol. The molecule has 1 fully saturated rings. The van der Waals surface area contributed by atoms with Crippen LogP contribution < -0.4 is 5.32 Å². The molecule has 1 aliphatic heterocycles. The molecule has 0 spiro atoms. The average molecular weight is 326 g/mol. The summed E-state index contributed by atoms with van der Waals surface area (Å²) in [6.45, 7) is 2.85. The van der Waals surface area contributed by atoms with Gasteiger partial charge in [-0.3, -0.25) is 4.79 Å². The van der Waals surface area contributed by atoms with Crippen molar-refractivity contribution < 1.29 is 14.3 Å². The molecule has 2 rings (SSSR count). The molecule has 0 saturated carbocycles. The van der Waals surface area contributed by atoms with Crippen molar-refractivity contribution in [2.24, 2.45) is 0 Å². The zero-order chi connectivity index (χ0) is 15.6. The molecule has 1 aliphatic rings. The number of carbonyl (C=O) groups is 1. The van der Waals surface area contributed by atoms with Gasteiger partial charge in [-0.25, -0.2) is 0 Å². The third-order valence-electron chi connectivity index (χ3n) is 3.67. The van der Waals surface area contributed by atoms with Crippen LogP contribution in [-0.4, -0.2) is 38.4 Å². The molecule has 0 radical (unpaired) electrons. The normalized spacial score (nSPS) is 17.6. The van der Waals surface area contributed by atoms with E-state index in [0.29, 0.717) is 26.2 Å². The highest BCUT2D eigenvalue weighted by molar-refractivity contribution is 6.30. The standard InChI is InChI=1S/C17H24ClNO3/c18-15-7-4-14(5-8-15)6-9-17(20)19-10-2-11-21-13-16-3-1-12-22-16/h4-5,7-8,16H,1-3,6,9-13H2,(H,19,20). The molecule has 4 nitrogen and oxygen atoms in total. The van der Waals surface area contributed by atoms with E-state index in [1.54, 1.807) is 0 Å². The van der Waals surface area contributed by atoms with Gasteiger partial charge in [-0.2, -0.15) is 0 Å². The van der Waals surface area contributed by atoms with Gasteiger partial charge in [0, 0.05) is 31.2 Å². The minimum atomic E-state index is 0.0778. The smallest absolute Gasteiger partial charge is 0.220 e. The molecular weight excluding hydrogens is 302 g/mol. The van der Waals surface area contributed by atoms with Gasteiger partial charge in [-0.05, 0) is 43.4 Å². The first-order chi connectivity index (χ1) is 10.7. The number of amides is 1. The summed E-state index contributed by atoms with van der Waals surface area (Å²) in [5.74, 6) is 0.0778. The van der Waals surface area contributed by atoms with Crippen molar-refractivity contribution in [2.45, 2.75) is 38.2 Å². The molecule has 1 saturated heterocycles. The first-order valence-corrected chi connectivity index (χ1v) is 8.32. The Labute approximate surface area is 137 Å². The molecule has 122 valence electrons. The topological polar surface area (TPSA) is 47.6 Å². The molecule has 0 aromatic heterocycles. The molecule has 1 unspecified atom stereocenters. The molecule has 1 aromatic rings. The van der Waals surface area contributed by atoms with E-state index in [-0.39, 0.29) is 12.0 Å². The Morgan fingerprint density at radius 1 is 1.36 bits per heavy atom. The second kappa shape index (κ2) is 9.82. The number of aryl methyl sites for hydroxylation is 1. The van der Waals surface area contributed by atoms with Crippen molar-refractivity contribution >= 4 is 17.5 Å². The second-order valence-electron chi connectivity index (χ2n) is 5.54. The molecule has 0 bridgehead atoms. The van der Waals surface area contributed by atoms with Gasteiger partial charge < -0.3 is 14.8 Å². The first kappa shape index (κ1) is 17.3. The van der Waals surface area contributed by atoms with E-state index in [4.69, 9.17) is 21.1 Å². The molecule has 1 aromatic carbocycles. The van der Waals surface area contributed by atoms with Gasteiger partial charge in [-0.1, -0.05) is 23.7 Å². The van der Waals surface area contributed by atoms with Crippen LogP contribution in [0.5, 0.6) is 0 Å². The summed E-state index contributed by atoms with van der Waals surface area (Å²) in [7, 11) is 0. The van der Waals surface area contributed by atoms with E-state index in [1.807, 2.05) is 24.3 Å². The number of benzene rings is 1. The molecule has 1 atom stereocenters. The van der Waals surface area contributed by atoms with Gasteiger partial charge in [0.1, 0.15) is 0 Å². The number of carbonyl (C=O) groups excluding carboxylic acids is 1. The van der Waals surface area contributed by atoms with E-state index >= 15 is 0 Å². The Morgan fingerprint density at radius 2 is 2.18 bits per heavy atom. The van der Waals surface area contributed by atoms with Crippen LogP contribution in [-0.2, 0) is 20.7 Å². The Balaban J connectivity index is 1.46. The maximum absolute atomic E-state index is 11.7. The van der Waals surface area contributed by atoms with Crippen LogP contribution in [0.2, 0.25) is 5.02 Å². The summed E-state index contributed by atoms with van der Waals surface area (Å²) < 4.78 is 11.0. The molecular formula is C17H24ClNO3. The third-order valence-corrected chi connectivity index (χ3v) is 3.92. The van der Waals surface area contributed by atoms with E-state index in [1.165, 1.54) is 0 Å². The van der Waals surface area contributed by atoms with Crippen LogP contribution in [0.25, 0.3) is 0 Å². The van der Waals surface area contributed by atoms with Crippen LogP contribution in [0.4, 0.5) is 0 Å². The lowest BCUT2D eigenvalue weighted by Gasteiger charge is -2.10. The zero-order valence-electron chi connectivity index (χ0n) is 12.9. The molecule has 0 aliphatic carbocycles. The van der Waals surface area contributed by atoms with Gasteiger partial charge in [0.05, 0.1) is 12.7 Å². The fourth-order valence-electron chi connectivity index (χ4n) is 2.39. The summed E-state index contributed by atoms with van der Waals surface area (Å²) in [4.78, 5) is 11.7. The molecule has 22 heavy (non-hydrogen) atoms. The number of nitrogens with one attached hydrogen (secondary N) is 1. The summed E-state index contributed by atoms with van der Waals surface area (Å²) in [6, 6.07) is 7.60. The minimum Gasteiger partial charge on any atom is -0.379 e. The van der Waals surface area contributed by atoms with Crippen LogP contribution in [0.3, 0.4) is 0 Å². The minimum absolute atomic E-state index is 0.0778. The van der Waals surface area contributed by atoms with Crippen molar-refractivity contribution in [2.75, 3.05) is 26.4 Å². The molecule has 1 amide bonds. The van der Waals surface area contributed by atoms with Gasteiger partial charge >= 0.3 is 0 Å². The third kappa shape index (κ3) is 6.77. The van der Waals surface area contributed by atoms with Crippen LogP contribution in [0.1, 0.15) is 31.2 Å². The van der Waals surface area contributed by atoms with Crippen molar-refractivity contribution in [1.29, 1.82) is 0 Å². The summed E-state index contributed by atoms with van der Waals surface area (Å²) >= 11 is 5.83. The highest BCUT2D eigenvalue weighted by Crippen LogP contribution is 2.12. The van der Waals surface area contributed by atoms with E-state index in [9.17, 15) is 4.79 Å². The lowest BCUT2D eigenvalue weighted by Crippen LogP contribution is -2.25. The number of hydrogen-bond donors (Lipinski definition) is 1. The predicted octanol–water partition coefficient (Wildman–Crippen LogP) is 2.97. The number of ether oxygens (including phenoxy) is 2. The number of hydrogen-bond acceptors (Lipinski definition) is 3. The lowest BCUT2D eigenvalue weighted by molar-refractivity contribution is -0.121. The van der Waals surface area contributed by atoms with Gasteiger partial charge in [0.25, 0.3) is 0 Å². The molecule has 5 heteroatoms. The Bertz CT molecular complexity index is 444. The molecule has 1 heterocycles. The van der Waals surface area contributed by atoms with Crippen LogP contribution >= 0.6 is 11.6 Å². The Hall–Kier alpha value is -1.10. The highest BCUT2D eigenvalue weighted by Gasteiger charge is 2.14. The van der Waals surface area contributed by atoms with Crippen LogP contribution in [0.15, 0.2) is 24.3 Å². The average Bonchev–Trinajstić information content (AvgIpc) is 3.03. The fraction of sp³-hybridized carbons (Fsp3) is 0.588. The van der Waals surface area contributed by atoms with Crippen molar-refractivity contribution in [3.8, 4) is 0 Å². The number of halogens is 1. The first-order valence-electron chi connectivity index (χ1n) is 7.94. The highest BCUT2D eigenvalue weighted by atomic mass is 35.5. The summed E-state index contributed by atoms with van der Waals surface area (Å²) in [5, 5.41) is 3.64. The largest absolute Gasteiger partial charge is 0.379 e. The fourth-order valence-corrected chi connectivity index (χ4v) is 2.52. The van der Waals surface area contributed by atoms with E-state index in [2.05, 4.69) is 5.32 Å². The maximum atomic E-state index is 11.7. The zero-order valence-corrected chi connectivity index (χ0v) is 13.6. The summed E-state index contributed by atoms with van der Waals surface area (Å²) in [5.41, 5.74) is 1.12. The van der Waals surface area contributed by atoms with Gasteiger partial charge in [0.2, 0.25) is 5.91 Å². The van der Waals surface area contributed by atoms with Crippen molar-refractivity contribution in [1.82, 2.24) is 5.32 Å². The predicted molar refractivity (Wildman–Crippen MR) is 87.2 cm³/mol. The van der Waals surface area contributed by atoms with Gasteiger partial charge in [-0.15, -0.1) is 0 Å².